The Labute approximate surface area is 131 Å². The lowest BCUT2D eigenvalue weighted by Gasteiger charge is -2.48. The molecule has 122 valence electrons. The fourth-order valence-electron chi connectivity index (χ4n) is 3.84. The molecule has 0 radical (unpaired) electrons. The van der Waals surface area contributed by atoms with Crippen LogP contribution < -0.4 is 0 Å². The van der Waals surface area contributed by atoms with Gasteiger partial charge in [0.25, 0.3) is 5.91 Å². The highest BCUT2D eigenvalue weighted by Gasteiger charge is 2.46. The number of aryl methyl sites for hydroxylation is 1. The molecule has 6 nitrogen and oxygen atoms in total. The molecule has 0 spiro atoms. The van der Waals surface area contributed by atoms with Gasteiger partial charge in [0.05, 0.1) is 17.4 Å². The Morgan fingerprint density at radius 3 is 2.77 bits per heavy atom. The van der Waals surface area contributed by atoms with Gasteiger partial charge in [0.15, 0.2) is 0 Å². The second-order valence-electron chi connectivity index (χ2n) is 6.68. The third-order valence-electron chi connectivity index (χ3n) is 5.30. The number of aliphatic hydroxyl groups is 1. The predicted octanol–water partition coefficient (Wildman–Crippen LogP) is 1.06. The molecule has 1 aromatic heterocycles. The largest absolute Gasteiger partial charge is 0.389 e. The third kappa shape index (κ3) is 2.77. The molecule has 0 saturated carbocycles. The molecule has 0 aromatic carbocycles. The van der Waals surface area contributed by atoms with Gasteiger partial charge in [0, 0.05) is 45.5 Å². The second kappa shape index (κ2) is 6.01. The Balaban J connectivity index is 1.67. The Hall–Kier alpha value is -1.40. The molecule has 1 amide bonds. The number of hydrogen-bond acceptors (Lipinski definition) is 4. The van der Waals surface area contributed by atoms with E-state index in [9.17, 15) is 9.90 Å². The molecular formula is C16H25N3O3. The first-order chi connectivity index (χ1) is 10.5. The van der Waals surface area contributed by atoms with Crippen LogP contribution in [-0.4, -0.2) is 57.6 Å². The molecule has 0 unspecified atom stereocenters. The zero-order chi connectivity index (χ0) is 15.7. The monoisotopic (exact) mass is 307 g/mol. The quantitative estimate of drug-likeness (QED) is 0.887. The van der Waals surface area contributed by atoms with Crippen LogP contribution in [0.2, 0.25) is 0 Å². The van der Waals surface area contributed by atoms with Crippen LogP contribution >= 0.6 is 0 Å². The molecule has 3 rings (SSSR count). The summed E-state index contributed by atoms with van der Waals surface area (Å²) >= 11 is 0. The van der Waals surface area contributed by atoms with Gasteiger partial charge in [-0.3, -0.25) is 9.48 Å². The summed E-state index contributed by atoms with van der Waals surface area (Å²) in [5.74, 6) is 0.367. The van der Waals surface area contributed by atoms with E-state index < -0.39 is 5.60 Å². The van der Waals surface area contributed by atoms with Gasteiger partial charge >= 0.3 is 0 Å². The molecule has 1 N–H and O–H groups in total. The number of carbonyl (C=O) groups is 1. The first kappa shape index (κ1) is 15.5. The number of hydrogen-bond donors (Lipinski definition) is 1. The van der Waals surface area contributed by atoms with E-state index in [0.717, 1.165) is 26.1 Å². The van der Waals surface area contributed by atoms with Crippen molar-refractivity contribution in [1.29, 1.82) is 0 Å². The number of amides is 1. The van der Waals surface area contributed by atoms with Gasteiger partial charge in [-0.15, -0.1) is 0 Å². The summed E-state index contributed by atoms with van der Waals surface area (Å²) in [5, 5.41) is 15.2. The van der Waals surface area contributed by atoms with Crippen LogP contribution in [0.1, 0.15) is 36.5 Å². The van der Waals surface area contributed by atoms with Gasteiger partial charge in [-0.2, -0.15) is 5.10 Å². The number of piperidine rings is 1. The highest BCUT2D eigenvalue weighted by atomic mass is 16.5. The van der Waals surface area contributed by atoms with Gasteiger partial charge < -0.3 is 14.7 Å². The summed E-state index contributed by atoms with van der Waals surface area (Å²) in [4.78, 5) is 14.4. The molecule has 2 saturated heterocycles. The molecule has 2 aliphatic rings. The summed E-state index contributed by atoms with van der Waals surface area (Å²) in [7, 11) is 1.81. The number of nitrogens with zero attached hydrogens (tertiary/aromatic N) is 3. The van der Waals surface area contributed by atoms with Crippen molar-refractivity contribution in [3.05, 3.63) is 18.0 Å². The lowest BCUT2D eigenvalue weighted by molar-refractivity contribution is -0.125. The zero-order valence-electron chi connectivity index (χ0n) is 13.4. The van der Waals surface area contributed by atoms with Gasteiger partial charge in [0.2, 0.25) is 0 Å². The topological polar surface area (TPSA) is 67.6 Å². The fraction of sp³-hybridized carbons (Fsp3) is 0.750. The van der Waals surface area contributed by atoms with E-state index in [0.29, 0.717) is 25.1 Å². The van der Waals surface area contributed by atoms with Crippen LogP contribution in [0.4, 0.5) is 0 Å². The van der Waals surface area contributed by atoms with Crippen LogP contribution in [0.25, 0.3) is 0 Å². The maximum Gasteiger partial charge on any atom is 0.257 e. The average Bonchev–Trinajstić information content (AvgIpc) is 2.97. The standard InChI is InChI=1S/C16H25N3O3/c1-12-10-19(15(20)13-9-17-18(2)11-13)6-5-16(12,21)14-3-7-22-8-4-14/h9,11-12,14,21H,3-8,10H2,1-2H3/t12-,16+/m1/s1. The lowest BCUT2D eigenvalue weighted by atomic mass is 9.70. The van der Waals surface area contributed by atoms with Crippen molar-refractivity contribution in [2.75, 3.05) is 26.3 Å². The normalized spacial score (nSPS) is 30.5. The first-order valence-electron chi connectivity index (χ1n) is 8.09. The van der Waals surface area contributed by atoms with Crippen molar-refractivity contribution in [3.63, 3.8) is 0 Å². The molecule has 3 heterocycles. The van der Waals surface area contributed by atoms with Crippen LogP contribution in [0.5, 0.6) is 0 Å². The highest BCUT2D eigenvalue weighted by molar-refractivity contribution is 5.93. The van der Waals surface area contributed by atoms with Crippen LogP contribution in [0.3, 0.4) is 0 Å². The van der Waals surface area contributed by atoms with E-state index in [1.807, 2.05) is 4.90 Å². The predicted molar refractivity (Wildman–Crippen MR) is 81.4 cm³/mol. The van der Waals surface area contributed by atoms with Crippen molar-refractivity contribution in [2.24, 2.45) is 18.9 Å². The summed E-state index contributed by atoms with van der Waals surface area (Å²) in [6.45, 7) is 4.72. The SMILES string of the molecule is C[C@@H]1CN(C(=O)c2cnn(C)c2)CC[C@@]1(O)C1CCOCC1. The fourth-order valence-corrected chi connectivity index (χ4v) is 3.84. The molecular weight excluding hydrogens is 282 g/mol. The van der Waals surface area contributed by atoms with Gasteiger partial charge in [-0.1, -0.05) is 6.92 Å². The van der Waals surface area contributed by atoms with E-state index in [1.165, 1.54) is 0 Å². The molecule has 0 aliphatic carbocycles. The van der Waals surface area contributed by atoms with Crippen molar-refractivity contribution < 1.29 is 14.6 Å². The summed E-state index contributed by atoms with van der Waals surface area (Å²) < 4.78 is 7.04. The minimum atomic E-state index is -0.671. The van der Waals surface area contributed by atoms with E-state index in [4.69, 9.17) is 4.74 Å². The highest BCUT2D eigenvalue weighted by Crippen LogP contribution is 2.39. The Morgan fingerprint density at radius 2 is 2.18 bits per heavy atom. The Bertz CT molecular complexity index is 538. The molecule has 2 fully saturated rings. The number of likely N-dealkylation sites (tertiary alicyclic amines) is 1. The van der Waals surface area contributed by atoms with E-state index in [-0.39, 0.29) is 17.7 Å². The maximum absolute atomic E-state index is 12.5. The summed E-state index contributed by atoms with van der Waals surface area (Å²) in [6.07, 6.45) is 5.82. The van der Waals surface area contributed by atoms with Gasteiger partial charge in [-0.05, 0) is 25.2 Å². The van der Waals surface area contributed by atoms with E-state index >= 15 is 0 Å². The maximum atomic E-state index is 12.5. The number of rotatable bonds is 2. The number of aromatic nitrogens is 2. The second-order valence-corrected chi connectivity index (χ2v) is 6.68. The minimum absolute atomic E-state index is 0.00831. The minimum Gasteiger partial charge on any atom is -0.389 e. The smallest absolute Gasteiger partial charge is 0.257 e. The number of carbonyl (C=O) groups excluding carboxylic acids is 1. The van der Waals surface area contributed by atoms with Crippen molar-refractivity contribution in [2.45, 2.75) is 31.8 Å². The Kier molecular flexibility index (Phi) is 4.23. The van der Waals surface area contributed by atoms with Crippen LogP contribution in [-0.2, 0) is 11.8 Å². The molecule has 0 bridgehead atoms. The zero-order valence-corrected chi connectivity index (χ0v) is 13.4. The molecule has 2 aliphatic heterocycles. The number of ether oxygens (including phenoxy) is 1. The molecule has 1 aromatic rings. The van der Waals surface area contributed by atoms with Gasteiger partial charge in [0.1, 0.15) is 0 Å². The molecule has 6 heteroatoms. The van der Waals surface area contributed by atoms with Crippen molar-refractivity contribution in [3.8, 4) is 0 Å². The van der Waals surface area contributed by atoms with Gasteiger partial charge in [-0.25, -0.2) is 0 Å². The third-order valence-corrected chi connectivity index (χ3v) is 5.30. The molecule has 2 atom stereocenters. The summed E-state index contributed by atoms with van der Waals surface area (Å²) in [6, 6.07) is 0. The van der Waals surface area contributed by atoms with E-state index in [2.05, 4.69) is 12.0 Å². The van der Waals surface area contributed by atoms with Crippen molar-refractivity contribution in [1.82, 2.24) is 14.7 Å². The first-order valence-corrected chi connectivity index (χ1v) is 8.09. The van der Waals surface area contributed by atoms with Crippen LogP contribution in [0, 0.1) is 11.8 Å². The Morgan fingerprint density at radius 1 is 1.45 bits per heavy atom. The average molecular weight is 307 g/mol. The molecule has 22 heavy (non-hydrogen) atoms. The summed E-state index contributed by atoms with van der Waals surface area (Å²) in [5.41, 5.74) is -0.0543. The lowest BCUT2D eigenvalue weighted by Crippen LogP contribution is -2.56. The van der Waals surface area contributed by atoms with Crippen molar-refractivity contribution >= 4 is 5.91 Å². The van der Waals surface area contributed by atoms with E-state index in [1.54, 1.807) is 24.1 Å². The van der Waals surface area contributed by atoms with Crippen LogP contribution in [0.15, 0.2) is 12.4 Å².